The summed E-state index contributed by atoms with van der Waals surface area (Å²) in [5.74, 6) is 0.186. The van der Waals surface area contributed by atoms with Crippen molar-refractivity contribution in [3.63, 3.8) is 0 Å². The van der Waals surface area contributed by atoms with Crippen LogP contribution in [0.15, 0.2) is 30.5 Å². The van der Waals surface area contributed by atoms with Crippen molar-refractivity contribution in [1.29, 1.82) is 0 Å². The SMILES string of the molecule is Cc1cc(I)cnc1NC(=O)c1cc(Cl)ccc1Cl. The molecule has 0 unspecified atom stereocenters. The molecule has 0 radical (unpaired) electrons. The number of rotatable bonds is 2. The van der Waals surface area contributed by atoms with E-state index in [0.29, 0.717) is 21.4 Å². The molecule has 0 atom stereocenters. The summed E-state index contributed by atoms with van der Waals surface area (Å²) >= 11 is 14.0. The van der Waals surface area contributed by atoms with E-state index in [-0.39, 0.29) is 5.91 Å². The molecule has 2 rings (SSSR count). The summed E-state index contributed by atoms with van der Waals surface area (Å²) in [5.41, 5.74) is 1.22. The summed E-state index contributed by atoms with van der Waals surface area (Å²) in [6.07, 6.45) is 1.68. The van der Waals surface area contributed by atoms with Crippen LogP contribution in [-0.2, 0) is 0 Å². The molecule has 0 aliphatic rings. The second-order valence-electron chi connectivity index (χ2n) is 3.90. The Balaban J connectivity index is 2.28. The van der Waals surface area contributed by atoms with Crippen molar-refractivity contribution in [3.05, 3.63) is 55.2 Å². The Bertz CT molecular complexity index is 647. The minimum Gasteiger partial charge on any atom is -0.306 e. The Morgan fingerprint density at radius 2 is 2.05 bits per heavy atom. The minimum atomic E-state index is -0.329. The maximum Gasteiger partial charge on any atom is 0.258 e. The van der Waals surface area contributed by atoms with Gasteiger partial charge in [-0.2, -0.15) is 0 Å². The molecule has 1 aromatic carbocycles. The van der Waals surface area contributed by atoms with Gasteiger partial charge in [-0.05, 0) is 59.3 Å². The number of anilines is 1. The molecule has 0 spiro atoms. The number of hydrogen-bond donors (Lipinski definition) is 1. The van der Waals surface area contributed by atoms with Gasteiger partial charge in [-0.15, -0.1) is 0 Å². The Kier molecular flexibility index (Phi) is 4.65. The highest BCUT2D eigenvalue weighted by Gasteiger charge is 2.13. The molecule has 1 heterocycles. The molecule has 1 N–H and O–H groups in total. The molecule has 0 bridgehead atoms. The first-order valence-corrected chi connectivity index (χ1v) is 7.19. The maximum absolute atomic E-state index is 12.1. The van der Waals surface area contributed by atoms with E-state index in [0.717, 1.165) is 9.13 Å². The van der Waals surface area contributed by atoms with Gasteiger partial charge in [-0.3, -0.25) is 4.79 Å². The number of carbonyl (C=O) groups is 1. The Morgan fingerprint density at radius 1 is 1.32 bits per heavy atom. The van der Waals surface area contributed by atoms with Gasteiger partial charge in [0, 0.05) is 14.8 Å². The van der Waals surface area contributed by atoms with Crippen molar-refractivity contribution in [2.24, 2.45) is 0 Å². The first kappa shape index (κ1) is 14.6. The van der Waals surface area contributed by atoms with Crippen LogP contribution in [0, 0.1) is 10.5 Å². The summed E-state index contributed by atoms with van der Waals surface area (Å²) in [7, 11) is 0. The monoisotopic (exact) mass is 406 g/mol. The quantitative estimate of drug-likeness (QED) is 0.743. The van der Waals surface area contributed by atoms with Crippen LogP contribution < -0.4 is 5.32 Å². The number of aromatic nitrogens is 1. The lowest BCUT2D eigenvalue weighted by atomic mass is 10.2. The average Bonchev–Trinajstić information content (AvgIpc) is 2.35. The number of pyridine rings is 1. The van der Waals surface area contributed by atoms with Crippen molar-refractivity contribution >= 4 is 57.5 Å². The molecule has 0 saturated carbocycles. The van der Waals surface area contributed by atoms with Crippen LogP contribution in [0.5, 0.6) is 0 Å². The van der Waals surface area contributed by atoms with Gasteiger partial charge < -0.3 is 5.32 Å². The Morgan fingerprint density at radius 3 is 2.74 bits per heavy atom. The fraction of sp³-hybridized carbons (Fsp3) is 0.0769. The summed E-state index contributed by atoms with van der Waals surface area (Å²) in [5, 5.41) is 3.54. The second kappa shape index (κ2) is 6.07. The number of nitrogens with zero attached hydrogens (tertiary/aromatic N) is 1. The first-order valence-electron chi connectivity index (χ1n) is 5.36. The van der Waals surface area contributed by atoms with Gasteiger partial charge in [0.25, 0.3) is 5.91 Å². The third-order valence-corrected chi connectivity index (χ3v) is 3.60. The predicted octanol–water partition coefficient (Wildman–Crippen LogP) is 4.55. The molecule has 3 nitrogen and oxygen atoms in total. The van der Waals surface area contributed by atoms with E-state index in [1.165, 1.54) is 6.07 Å². The van der Waals surface area contributed by atoms with Crippen LogP contribution in [-0.4, -0.2) is 10.9 Å². The zero-order valence-electron chi connectivity index (χ0n) is 9.88. The first-order chi connectivity index (χ1) is 8.97. The molecule has 0 fully saturated rings. The zero-order valence-corrected chi connectivity index (χ0v) is 13.5. The smallest absolute Gasteiger partial charge is 0.258 e. The normalized spacial score (nSPS) is 10.3. The zero-order chi connectivity index (χ0) is 14.0. The molecule has 19 heavy (non-hydrogen) atoms. The highest BCUT2D eigenvalue weighted by Crippen LogP contribution is 2.22. The third kappa shape index (κ3) is 3.58. The third-order valence-electron chi connectivity index (χ3n) is 2.45. The van der Waals surface area contributed by atoms with Gasteiger partial charge in [0.05, 0.1) is 10.6 Å². The van der Waals surface area contributed by atoms with Gasteiger partial charge in [0.1, 0.15) is 5.82 Å². The van der Waals surface area contributed by atoms with Gasteiger partial charge in [-0.1, -0.05) is 23.2 Å². The van der Waals surface area contributed by atoms with Crippen LogP contribution >= 0.6 is 45.8 Å². The molecular weight excluding hydrogens is 398 g/mol. The summed E-state index contributed by atoms with van der Waals surface area (Å²) in [6, 6.07) is 6.69. The molecule has 98 valence electrons. The predicted molar refractivity (Wildman–Crippen MR) is 86.1 cm³/mol. The highest BCUT2D eigenvalue weighted by atomic mass is 127. The standard InChI is InChI=1S/C13H9Cl2IN2O/c1-7-4-9(16)6-17-12(7)18-13(19)10-5-8(14)2-3-11(10)15/h2-6H,1H3,(H,17,18,19). The van der Waals surface area contributed by atoms with Gasteiger partial charge in [-0.25, -0.2) is 4.98 Å². The van der Waals surface area contributed by atoms with Crippen LogP contribution in [0.25, 0.3) is 0 Å². The van der Waals surface area contributed by atoms with E-state index in [9.17, 15) is 4.79 Å². The van der Waals surface area contributed by atoms with Crippen molar-refractivity contribution in [2.45, 2.75) is 6.92 Å². The fourth-order valence-electron chi connectivity index (χ4n) is 1.52. The Hall–Kier alpha value is -0.850. The molecule has 0 saturated heterocycles. The van der Waals surface area contributed by atoms with Crippen LogP contribution in [0.1, 0.15) is 15.9 Å². The van der Waals surface area contributed by atoms with Gasteiger partial charge in [0.2, 0.25) is 0 Å². The number of amides is 1. The molecule has 0 aliphatic heterocycles. The topological polar surface area (TPSA) is 42.0 Å². The maximum atomic E-state index is 12.1. The molecule has 1 amide bonds. The molecule has 6 heteroatoms. The lowest BCUT2D eigenvalue weighted by Crippen LogP contribution is -2.14. The van der Waals surface area contributed by atoms with E-state index in [4.69, 9.17) is 23.2 Å². The van der Waals surface area contributed by atoms with Crippen molar-refractivity contribution < 1.29 is 4.79 Å². The average molecular weight is 407 g/mol. The number of benzene rings is 1. The van der Waals surface area contributed by atoms with E-state index in [2.05, 4.69) is 32.9 Å². The van der Waals surface area contributed by atoms with Crippen LogP contribution in [0.2, 0.25) is 10.0 Å². The number of halogens is 3. The van der Waals surface area contributed by atoms with Crippen molar-refractivity contribution in [2.75, 3.05) is 5.32 Å². The molecular formula is C13H9Cl2IN2O. The van der Waals surface area contributed by atoms with E-state index < -0.39 is 0 Å². The van der Waals surface area contributed by atoms with E-state index >= 15 is 0 Å². The van der Waals surface area contributed by atoms with E-state index in [1.807, 2.05) is 13.0 Å². The highest BCUT2D eigenvalue weighted by molar-refractivity contribution is 14.1. The molecule has 1 aromatic heterocycles. The minimum absolute atomic E-state index is 0.328. The van der Waals surface area contributed by atoms with Crippen LogP contribution in [0.3, 0.4) is 0 Å². The van der Waals surface area contributed by atoms with Gasteiger partial charge >= 0.3 is 0 Å². The summed E-state index contributed by atoms with van der Waals surface area (Å²) < 4.78 is 1.01. The molecule has 0 aliphatic carbocycles. The summed E-state index contributed by atoms with van der Waals surface area (Å²) in [4.78, 5) is 16.3. The molecule has 2 aromatic rings. The number of hydrogen-bond acceptors (Lipinski definition) is 2. The number of nitrogens with one attached hydrogen (secondary N) is 1. The van der Waals surface area contributed by atoms with Crippen molar-refractivity contribution in [1.82, 2.24) is 4.98 Å². The number of aryl methyl sites for hydroxylation is 1. The lowest BCUT2D eigenvalue weighted by molar-refractivity contribution is 0.102. The Labute approximate surface area is 134 Å². The largest absolute Gasteiger partial charge is 0.306 e. The van der Waals surface area contributed by atoms with Crippen LogP contribution in [0.4, 0.5) is 5.82 Å². The fourth-order valence-corrected chi connectivity index (χ4v) is 2.50. The van der Waals surface area contributed by atoms with E-state index in [1.54, 1.807) is 18.3 Å². The van der Waals surface area contributed by atoms with Gasteiger partial charge in [0.15, 0.2) is 0 Å². The summed E-state index contributed by atoms with van der Waals surface area (Å²) in [6.45, 7) is 1.88. The second-order valence-corrected chi connectivity index (χ2v) is 5.99. The van der Waals surface area contributed by atoms with Crippen molar-refractivity contribution in [3.8, 4) is 0 Å². The number of carbonyl (C=O) groups excluding carboxylic acids is 1. The lowest BCUT2D eigenvalue weighted by Gasteiger charge is -2.09.